The van der Waals surface area contributed by atoms with Gasteiger partial charge in [0.1, 0.15) is 5.82 Å². The Morgan fingerprint density at radius 3 is 3.00 bits per heavy atom. The maximum Gasteiger partial charge on any atom is 0.298 e. The van der Waals surface area contributed by atoms with Gasteiger partial charge in [-0.05, 0) is 12.1 Å². The molecule has 0 radical (unpaired) electrons. The lowest BCUT2D eigenvalue weighted by Crippen LogP contribution is -2.14. The van der Waals surface area contributed by atoms with Gasteiger partial charge < -0.3 is 5.32 Å². The maximum atomic E-state index is 11.4. The molecule has 2 rings (SSSR count). The molecule has 0 aliphatic heterocycles. The van der Waals surface area contributed by atoms with Gasteiger partial charge in [0, 0.05) is 5.56 Å². The van der Waals surface area contributed by atoms with E-state index in [-0.39, 0.29) is 5.82 Å². The van der Waals surface area contributed by atoms with Gasteiger partial charge in [-0.15, -0.1) is 10.2 Å². The van der Waals surface area contributed by atoms with E-state index in [1.165, 1.54) is 0 Å². The Bertz CT molecular complexity index is 431. The second kappa shape index (κ2) is 3.24. The number of hydrogen-bond donors (Lipinski definition) is 3. The van der Waals surface area contributed by atoms with Crippen LogP contribution in [0.25, 0.3) is 0 Å². The van der Waals surface area contributed by atoms with Crippen LogP contribution in [-0.2, 0) is 0 Å². The van der Waals surface area contributed by atoms with Gasteiger partial charge in [0.05, 0.1) is 6.20 Å². The summed E-state index contributed by atoms with van der Waals surface area (Å²) in [4.78, 5) is 11.4. The number of aryl methyl sites for hydroxylation is 1. The number of nitrogens with one attached hydrogen (secondary N) is 3. The van der Waals surface area contributed by atoms with Crippen LogP contribution in [0.15, 0.2) is 6.20 Å². The Kier molecular flexibility index (Phi) is 1.94. The molecule has 0 aliphatic carbocycles. The first-order valence-electron chi connectivity index (χ1n) is 3.82. The second-order valence-electron chi connectivity index (χ2n) is 2.62. The molecule has 14 heavy (non-hydrogen) atoms. The number of carbonyl (C=O) groups is 1. The largest absolute Gasteiger partial charge is 0.304 e. The van der Waals surface area contributed by atoms with Crippen molar-refractivity contribution in [2.45, 2.75) is 6.92 Å². The number of hydrogen-bond acceptors (Lipinski definition) is 5. The highest BCUT2D eigenvalue weighted by atomic mass is 16.2. The van der Waals surface area contributed by atoms with Crippen molar-refractivity contribution in [2.24, 2.45) is 0 Å². The van der Waals surface area contributed by atoms with Crippen LogP contribution in [0, 0.1) is 6.92 Å². The number of aromatic amines is 2. The molecule has 8 nitrogen and oxygen atoms in total. The van der Waals surface area contributed by atoms with E-state index in [4.69, 9.17) is 0 Å². The van der Waals surface area contributed by atoms with Crippen molar-refractivity contribution in [2.75, 3.05) is 5.32 Å². The van der Waals surface area contributed by atoms with Gasteiger partial charge in [0.25, 0.3) is 11.7 Å². The van der Waals surface area contributed by atoms with Crippen LogP contribution in [0.5, 0.6) is 0 Å². The van der Waals surface area contributed by atoms with E-state index in [9.17, 15) is 4.79 Å². The summed E-state index contributed by atoms with van der Waals surface area (Å²) in [5, 5.41) is 21.5. The first-order chi connectivity index (χ1) is 6.77. The summed E-state index contributed by atoms with van der Waals surface area (Å²) in [6.07, 6.45) is 1.60. The predicted molar refractivity (Wildman–Crippen MR) is 45.5 cm³/mol. The number of tetrazole rings is 1. The summed E-state index contributed by atoms with van der Waals surface area (Å²) in [5.74, 6) is 0.0740. The van der Waals surface area contributed by atoms with Gasteiger partial charge in [-0.1, -0.05) is 0 Å². The third kappa shape index (κ3) is 1.44. The van der Waals surface area contributed by atoms with E-state index >= 15 is 0 Å². The van der Waals surface area contributed by atoms with Gasteiger partial charge >= 0.3 is 0 Å². The average molecular weight is 193 g/mol. The summed E-state index contributed by atoms with van der Waals surface area (Å²) in [6, 6.07) is 0. The zero-order valence-corrected chi connectivity index (χ0v) is 7.27. The van der Waals surface area contributed by atoms with Crippen LogP contribution >= 0.6 is 0 Å². The minimum absolute atomic E-state index is 0.0148. The molecule has 2 aromatic rings. The SMILES string of the molecule is Cc1cn[nH]c1NC(=O)c1nn[nH]n1. The Morgan fingerprint density at radius 2 is 2.43 bits per heavy atom. The van der Waals surface area contributed by atoms with E-state index in [0.717, 1.165) is 5.56 Å². The molecule has 3 N–H and O–H groups in total. The van der Waals surface area contributed by atoms with Gasteiger partial charge in [-0.25, -0.2) is 0 Å². The van der Waals surface area contributed by atoms with E-state index in [2.05, 4.69) is 36.1 Å². The average Bonchev–Trinajstić information content (AvgIpc) is 2.77. The van der Waals surface area contributed by atoms with Crippen molar-refractivity contribution < 1.29 is 4.79 Å². The third-order valence-electron chi connectivity index (χ3n) is 1.62. The second-order valence-corrected chi connectivity index (χ2v) is 2.62. The summed E-state index contributed by atoms with van der Waals surface area (Å²) in [7, 11) is 0. The predicted octanol–water partition coefficient (Wildman–Crippen LogP) is -0.516. The summed E-state index contributed by atoms with van der Waals surface area (Å²) in [6.45, 7) is 1.81. The van der Waals surface area contributed by atoms with E-state index in [0.29, 0.717) is 5.82 Å². The van der Waals surface area contributed by atoms with Gasteiger partial charge in [0.2, 0.25) is 0 Å². The lowest BCUT2D eigenvalue weighted by atomic mass is 10.4. The highest BCUT2D eigenvalue weighted by Gasteiger charge is 2.12. The fraction of sp³-hybridized carbons (Fsp3) is 0.167. The fourth-order valence-corrected chi connectivity index (χ4v) is 0.900. The molecule has 0 atom stereocenters. The number of H-pyrrole nitrogens is 2. The smallest absolute Gasteiger partial charge is 0.298 e. The van der Waals surface area contributed by atoms with E-state index < -0.39 is 5.91 Å². The van der Waals surface area contributed by atoms with Crippen molar-refractivity contribution in [3.05, 3.63) is 17.6 Å². The molecule has 0 aromatic carbocycles. The molecule has 8 heteroatoms. The Balaban J connectivity index is 2.13. The molecule has 0 saturated carbocycles. The molecule has 0 spiro atoms. The minimum atomic E-state index is -0.439. The van der Waals surface area contributed by atoms with E-state index in [1.54, 1.807) is 6.20 Å². The lowest BCUT2D eigenvalue weighted by Gasteiger charge is -1.98. The zero-order chi connectivity index (χ0) is 9.97. The Labute approximate surface area is 78.1 Å². The molecule has 2 heterocycles. The monoisotopic (exact) mass is 193 g/mol. The lowest BCUT2D eigenvalue weighted by molar-refractivity contribution is 0.101. The molecule has 1 amide bonds. The number of aromatic nitrogens is 6. The first kappa shape index (κ1) is 8.35. The van der Waals surface area contributed by atoms with Crippen LogP contribution in [0.2, 0.25) is 0 Å². The van der Waals surface area contributed by atoms with Crippen molar-refractivity contribution in [3.8, 4) is 0 Å². The first-order valence-corrected chi connectivity index (χ1v) is 3.82. The molecule has 0 fully saturated rings. The summed E-state index contributed by atoms with van der Waals surface area (Å²) >= 11 is 0. The normalized spacial score (nSPS) is 10.1. The molecule has 2 aromatic heterocycles. The van der Waals surface area contributed by atoms with Crippen molar-refractivity contribution in [1.29, 1.82) is 0 Å². The molecular formula is C6H7N7O. The van der Waals surface area contributed by atoms with Gasteiger partial charge in [0.15, 0.2) is 0 Å². The quantitative estimate of drug-likeness (QED) is 0.594. The summed E-state index contributed by atoms with van der Waals surface area (Å²) < 4.78 is 0. The Morgan fingerprint density at radius 1 is 1.57 bits per heavy atom. The fourth-order valence-electron chi connectivity index (χ4n) is 0.900. The van der Waals surface area contributed by atoms with E-state index in [1.807, 2.05) is 6.92 Å². The minimum Gasteiger partial charge on any atom is -0.304 e. The molecule has 0 unspecified atom stereocenters. The highest BCUT2D eigenvalue weighted by Crippen LogP contribution is 2.08. The molecule has 72 valence electrons. The number of anilines is 1. The molecule has 0 saturated heterocycles. The number of amides is 1. The number of carbonyl (C=O) groups excluding carboxylic acids is 1. The Hall–Kier alpha value is -2.25. The molecule has 0 aliphatic rings. The van der Waals surface area contributed by atoms with Crippen LogP contribution in [0.3, 0.4) is 0 Å². The van der Waals surface area contributed by atoms with Crippen molar-refractivity contribution in [1.82, 2.24) is 30.8 Å². The van der Waals surface area contributed by atoms with Gasteiger partial charge in [-0.2, -0.15) is 10.3 Å². The summed E-state index contributed by atoms with van der Waals surface area (Å²) in [5.41, 5.74) is 0.835. The van der Waals surface area contributed by atoms with Crippen LogP contribution in [-0.4, -0.2) is 36.7 Å². The van der Waals surface area contributed by atoms with Gasteiger partial charge in [-0.3, -0.25) is 9.89 Å². The standard InChI is InChI=1S/C6H7N7O/c1-3-2-7-9-4(3)8-6(14)5-10-12-13-11-5/h2H,1H3,(H2,7,8,9,14)(H,10,11,12,13). The van der Waals surface area contributed by atoms with Crippen molar-refractivity contribution in [3.63, 3.8) is 0 Å². The molecule has 0 bridgehead atoms. The molecular weight excluding hydrogens is 186 g/mol. The van der Waals surface area contributed by atoms with Crippen molar-refractivity contribution >= 4 is 11.7 Å². The maximum absolute atomic E-state index is 11.4. The highest BCUT2D eigenvalue weighted by molar-refractivity contribution is 6.01. The topological polar surface area (TPSA) is 112 Å². The van der Waals surface area contributed by atoms with Crippen LogP contribution < -0.4 is 5.32 Å². The number of nitrogens with zero attached hydrogens (tertiary/aromatic N) is 4. The van der Waals surface area contributed by atoms with Crippen LogP contribution in [0.1, 0.15) is 16.2 Å². The number of rotatable bonds is 2. The van der Waals surface area contributed by atoms with Crippen LogP contribution in [0.4, 0.5) is 5.82 Å². The zero-order valence-electron chi connectivity index (χ0n) is 7.27. The third-order valence-corrected chi connectivity index (χ3v) is 1.62.